The lowest BCUT2D eigenvalue weighted by molar-refractivity contribution is 0.146. The van der Waals surface area contributed by atoms with E-state index in [9.17, 15) is 4.79 Å². The zero-order chi connectivity index (χ0) is 13.7. The molecule has 6 heteroatoms. The Kier molecular flexibility index (Phi) is 4.54. The second kappa shape index (κ2) is 6.36. The molecule has 1 amide bonds. The first-order valence-corrected chi connectivity index (χ1v) is 6.66. The molecular formula is C13H20N4O2. The number of hydrogen-bond donors (Lipinski definition) is 1. The Morgan fingerprint density at radius 3 is 3.16 bits per heavy atom. The first-order chi connectivity index (χ1) is 9.19. The molecule has 1 N–H and O–H groups in total. The number of carbonyl (C=O) groups excluding carboxylic acids is 1. The lowest BCUT2D eigenvalue weighted by Gasteiger charge is -2.33. The number of nitrogens with one attached hydrogen (secondary N) is 1. The Morgan fingerprint density at radius 2 is 2.42 bits per heavy atom. The van der Waals surface area contributed by atoms with Crippen LogP contribution in [0.1, 0.15) is 25.5 Å². The minimum atomic E-state index is -0.340. The first-order valence-electron chi connectivity index (χ1n) is 6.66. The summed E-state index contributed by atoms with van der Waals surface area (Å²) in [6.45, 7) is 5.86. The highest BCUT2D eigenvalue weighted by Crippen LogP contribution is 2.17. The van der Waals surface area contributed by atoms with Crippen molar-refractivity contribution in [2.24, 2.45) is 0 Å². The quantitative estimate of drug-likeness (QED) is 0.896. The smallest absolute Gasteiger partial charge is 0.407 e. The van der Waals surface area contributed by atoms with E-state index in [1.807, 2.05) is 13.0 Å². The average molecular weight is 264 g/mol. The van der Waals surface area contributed by atoms with E-state index in [-0.39, 0.29) is 12.1 Å². The molecule has 0 aliphatic carbocycles. The van der Waals surface area contributed by atoms with Crippen LogP contribution in [0, 0.1) is 6.92 Å². The van der Waals surface area contributed by atoms with Crippen LogP contribution in [-0.2, 0) is 4.74 Å². The minimum Gasteiger partial charge on any atom is -0.450 e. The molecule has 1 aromatic rings. The average Bonchev–Trinajstić information content (AvgIpc) is 2.39. The first kappa shape index (κ1) is 13.6. The Labute approximate surface area is 113 Å². The molecule has 104 valence electrons. The SMILES string of the molecule is CCOC(=O)NC1CCCN(c2cc(C)ncn2)C1. The predicted octanol–water partition coefficient (Wildman–Crippen LogP) is 1.50. The van der Waals surface area contributed by atoms with Crippen LogP contribution < -0.4 is 10.2 Å². The standard InChI is InChI=1S/C13H20N4O2/c1-3-19-13(18)16-11-5-4-6-17(8-11)12-7-10(2)14-9-15-12/h7,9,11H,3-6,8H2,1-2H3,(H,16,18). The van der Waals surface area contributed by atoms with E-state index < -0.39 is 0 Å². The molecule has 2 rings (SSSR count). The number of rotatable bonds is 3. The highest BCUT2D eigenvalue weighted by Gasteiger charge is 2.22. The Hall–Kier alpha value is -1.85. The van der Waals surface area contributed by atoms with E-state index in [0.717, 1.165) is 37.4 Å². The van der Waals surface area contributed by atoms with Crippen LogP contribution in [-0.4, -0.2) is 41.8 Å². The van der Waals surface area contributed by atoms with Gasteiger partial charge in [-0.3, -0.25) is 0 Å². The summed E-state index contributed by atoms with van der Waals surface area (Å²) in [5.74, 6) is 0.919. The lowest BCUT2D eigenvalue weighted by Crippen LogP contribution is -2.48. The zero-order valence-electron chi connectivity index (χ0n) is 11.4. The van der Waals surface area contributed by atoms with E-state index in [2.05, 4.69) is 20.2 Å². The van der Waals surface area contributed by atoms with Crippen molar-refractivity contribution in [1.29, 1.82) is 0 Å². The van der Waals surface area contributed by atoms with Crippen molar-refractivity contribution in [3.05, 3.63) is 18.1 Å². The molecule has 0 aromatic carbocycles. The van der Waals surface area contributed by atoms with Gasteiger partial charge in [-0.2, -0.15) is 0 Å². The number of nitrogens with zero attached hydrogens (tertiary/aromatic N) is 3. The molecule has 0 radical (unpaired) electrons. The van der Waals surface area contributed by atoms with Crippen molar-refractivity contribution < 1.29 is 9.53 Å². The summed E-state index contributed by atoms with van der Waals surface area (Å²) in [7, 11) is 0. The number of amides is 1. The number of aryl methyl sites for hydroxylation is 1. The minimum absolute atomic E-state index is 0.114. The molecule has 1 fully saturated rings. The molecule has 1 aromatic heterocycles. The van der Waals surface area contributed by atoms with Crippen LogP contribution >= 0.6 is 0 Å². The number of piperidine rings is 1. The highest BCUT2D eigenvalue weighted by atomic mass is 16.5. The van der Waals surface area contributed by atoms with E-state index in [1.54, 1.807) is 13.3 Å². The van der Waals surface area contributed by atoms with E-state index >= 15 is 0 Å². The number of ether oxygens (including phenoxy) is 1. The van der Waals surface area contributed by atoms with Gasteiger partial charge in [0.05, 0.1) is 6.61 Å². The maximum atomic E-state index is 11.4. The van der Waals surface area contributed by atoms with Crippen LogP contribution in [0.25, 0.3) is 0 Å². The molecule has 1 aliphatic heterocycles. The molecule has 19 heavy (non-hydrogen) atoms. The molecule has 6 nitrogen and oxygen atoms in total. The topological polar surface area (TPSA) is 67.3 Å². The largest absolute Gasteiger partial charge is 0.450 e. The Morgan fingerprint density at radius 1 is 1.58 bits per heavy atom. The van der Waals surface area contributed by atoms with Gasteiger partial charge in [-0.05, 0) is 26.7 Å². The summed E-state index contributed by atoms with van der Waals surface area (Å²) in [4.78, 5) is 22.0. The summed E-state index contributed by atoms with van der Waals surface area (Å²) < 4.78 is 4.91. The third-order valence-corrected chi connectivity index (χ3v) is 3.13. The van der Waals surface area contributed by atoms with Crippen molar-refractivity contribution in [3.8, 4) is 0 Å². The summed E-state index contributed by atoms with van der Waals surface area (Å²) in [5, 5.41) is 2.89. The maximum absolute atomic E-state index is 11.4. The van der Waals surface area contributed by atoms with Crippen molar-refractivity contribution in [2.75, 3.05) is 24.6 Å². The summed E-state index contributed by atoms with van der Waals surface area (Å²) in [6.07, 6.45) is 3.24. The molecule has 1 saturated heterocycles. The Balaban J connectivity index is 1.95. The van der Waals surface area contributed by atoms with Crippen molar-refractivity contribution in [1.82, 2.24) is 15.3 Å². The van der Waals surface area contributed by atoms with Crippen molar-refractivity contribution >= 4 is 11.9 Å². The molecular weight excluding hydrogens is 244 g/mol. The number of alkyl carbamates (subject to hydrolysis) is 1. The fraction of sp³-hybridized carbons (Fsp3) is 0.615. The fourth-order valence-corrected chi connectivity index (χ4v) is 2.26. The molecule has 1 atom stereocenters. The van der Waals surface area contributed by atoms with E-state index in [1.165, 1.54) is 0 Å². The van der Waals surface area contributed by atoms with Gasteiger partial charge in [0.25, 0.3) is 0 Å². The third-order valence-electron chi connectivity index (χ3n) is 3.13. The fourth-order valence-electron chi connectivity index (χ4n) is 2.26. The van der Waals surface area contributed by atoms with E-state index in [0.29, 0.717) is 6.61 Å². The van der Waals surface area contributed by atoms with Crippen LogP contribution in [0.5, 0.6) is 0 Å². The van der Waals surface area contributed by atoms with Gasteiger partial charge in [0.2, 0.25) is 0 Å². The van der Waals surface area contributed by atoms with Gasteiger partial charge >= 0.3 is 6.09 Å². The molecule has 1 unspecified atom stereocenters. The Bertz CT molecular complexity index is 438. The lowest BCUT2D eigenvalue weighted by atomic mass is 10.1. The van der Waals surface area contributed by atoms with Gasteiger partial charge in [-0.1, -0.05) is 0 Å². The van der Waals surface area contributed by atoms with Gasteiger partial charge < -0.3 is 15.0 Å². The molecule has 1 aliphatic rings. The highest BCUT2D eigenvalue weighted by molar-refractivity contribution is 5.67. The van der Waals surface area contributed by atoms with Crippen molar-refractivity contribution in [2.45, 2.75) is 32.7 Å². The summed E-state index contributed by atoms with van der Waals surface area (Å²) >= 11 is 0. The van der Waals surface area contributed by atoms with Crippen LogP contribution in [0.15, 0.2) is 12.4 Å². The third kappa shape index (κ3) is 3.81. The summed E-state index contributed by atoms with van der Waals surface area (Å²) in [5.41, 5.74) is 0.950. The predicted molar refractivity (Wildman–Crippen MR) is 72.2 cm³/mol. The second-order valence-corrected chi connectivity index (χ2v) is 4.67. The van der Waals surface area contributed by atoms with Gasteiger partial charge in [0.1, 0.15) is 12.1 Å². The number of aromatic nitrogens is 2. The molecule has 2 heterocycles. The number of hydrogen-bond acceptors (Lipinski definition) is 5. The van der Waals surface area contributed by atoms with Gasteiger partial charge in [0, 0.05) is 30.9 Å². The molecule has 0 bridgehead atoms. The number of anilines is 1. The maximum Gasteiger partial charge on any atom is 0.407 e. The molecule has 0 saturated carbocycles. The van der Waals surface area contributed by atoms with Gasteiger partial charge in [-0.15, -0.1) is 0 Å². The van der Waals surface area contributed by atoms with Crippen LogP contribution in [0.4, 0.5) is 10.6 Å². The van der Waals surface area contributed by atoms with E-state index in [4.69, 9.17) is 4.74 Å². The normalized spacial score (nSPS) is 19.1. The van der Waals surface area contributed by atoms with Crippen LogP contribution in [0.3, 0.4) is 0 Å². The number of carbonyl (C=O) groups is 1. The van der Waals surface area contributed by atoms with Crippen LogP contribution in [0.2, 0.25) is 0 Å². The second-order valence-electron chi connectivity index (χ2n) is 4.67. The zero-order valence-corrected chi connectivity index (χ0v) is 11.4. The van der Waals surface area contributed by atoms with Crippen molar-refractivity contribution in [3.63, 3.8) is 0 Å². The van der Waals surface area contributed by atoms with Gasteiger partial charge in [-0.25, -0.2) is 14.8 Å². The monoisotopic (exact) mass is 264 g/mol. The van der Waals surface area contributed by atoms with Gasteiger partial charge in [0.15, 0.2) is 0 Å². The molecule has 0 spiro atoms. The summed E-state index contributed by atoms with van der Waals surface area (Å²) in [6, 6.07) is 2.08.